The number of rotatable bonds is 10. The van der Waals surface area contributed by atoms with E-state index in [1.165, 1.54) is 6.07 Å². The van der Waals surface area contributed by atoms with Gasteiger partial charge in [-0.25, -0.2) is 14.5 Å². The van der Waals surface area contributed by atoms with Crippen molar-refractivity contribution in [2.75, 3.05) is 25.6 Å². The number of carbonyl (C=O) groups is 4. The average molecular weight is 665 g/mol. The fraction of sp³-hybridized carbons (Fsp3) is 0.357. The molecule has 0 bridgehead atoms. The zero-order valence-electron chi connectivity index (χ0n) is 23.7. The largest absolute Gasteiger partial charge is 0.467 e. The maximum atomic E-state index is 13.9. The Bertz CT molecular complexity index is 1700. The molecular weight excluding hydrogens is 637 g/mol. The fourth-order valence-corrected chi connectivity index (χ4v) is 6.28. The van der Waals surface area contributed by atoms with Crippen LogP contribution in [-0.4, -0.2) is 64.8 Å². The van der Waals surface area contributed by atoms with Crippen molar-refractivity contribution in [3.05, 3.63) is 62.9 Å². The lowest BCUT2D eigenvalue weighted by Crippen LogP contribution is -2.49. The van der Waals surface area contributed by atoms with E-state index in [1.807, 2.05) is 6.07 Å². The van der Waals surface area contributed by atoms with Crippen molar-refractivity contribution in [1.29, 1.82) is 0 Å². The first-order valence-corrected chi connectivity index (χ1v) is 15.4. The van der Waals surface area contributed by atoms with Crippen LogP contribution in [0.25, 0.3) is 10.9 Å². The molecule has 5 rings (SSSR count). The quantitative estimate of drug-likeness (QED) is 0.214. The number of nitrogens with zero attached hydrogens (tertiary/aromatic N) is 3. The van der Waals surface area contributed by atoms with Gasteiger partial charge in [0, 0.05) is 18.5 Å². The van der Waals surface area contributed by atoms with E-state index in [0.29, 0.717) is 33.8 Å². The van der Waals surface area contributed by atoms with Crippen molar-refractivity contribution in [3.63, 3.8) is 0 Å². The number of esters is 1. The molecular formula is C28H27F3N6O6S2. The monoisotopic (exact) mass is 664 g/mol. The molecule has 2 atom stereocenters. The Morgan fingerprint density at radius 2 is 1.98 bits per heavy atom. The fourth-order valence-electron chi connectivity index (χ4n) is 4.74. The zero-order valence-corrected chi connectivity index (χ0v) is 25.3. The van der Waals surface area contributed by atoms with Gasteiger partial charge in [0.05, 0.1) is 30.1 Å². The van der Waals surface area contributed by atoms with Gasteiger partial charge in [0.2, 0.25) is 5.91 Å². The van der Waals surface area contributed by atoms with Crippen molar-refractivity contribution in [2.45, 2.75) is 44.1 Å². The van der Waals surface area contributed by atoms with Gasteiger partial charge in [-0.2, -0.15) is 18.3 Å². The van der Waals surface area contributed by atoms with E-state index in [4.69, 9.17) is 4.74 Å². The minimum atomic E-state index is -5.05. The molecule has 4 heterocycles. The molecule has 3 amide bonds. The van der Waals surface area contributed by atoms with Crippen LogP contribution in [0.1, 0.15) is 56.1 Å². The average Bonchev–Trinajstić information content (AvgIpc) is 3.79. The van der Waals surface area contributed by atoms with Crippen molar-refractivity contribution in [1.82, 2.24) is 25.4 Å². The zero-order chi connectivity index (χ0) is 32.1. The predicted molar refractivity (Wildman–Crippen MR) is 158 cm³/mol. The number of methoxy groups -OCH3 is 1. The maximum Gasteiger partial charge on any atom is 0.435 e. The van der Waals surface area contributed by atoms with E-state index < -0.39 is 58.2 Å². The molecule has 12 nitrogen and oxygen atoms in total. The molecule has 45 heavy (non-hydrogen) atoms. The van der Waals surface area contributed by atoms with Crippen LogP contribution in [0.4, 0.5) is 18.3 Å². The van der Waals surface area contributed by atoms with Crippen molar-refractivity contribution in [3.8, 4) is 0 Å². The highest BCUT2D eigenvalue weighted by atomic mass is 32.1. The lowest BCUT2D eigenvalue weighted by atomic mass is 10.1. The molecule has 4 aromatic rings. The van der Waals surface area contributed by atoms with Crippen LogP contribution in [0.15, 0.2) is 41.9 Å². The smallest absolute Gasteiger partial charge is 0.435 e. The highest BCUT2D eigenvalue weighted by Crippen LogP contribution is 2.36. The Hall–Kier alpha value is -4.35. The number of halogens is 3. The molecule has 0 saturated carbocycles. The van der Waals surface area contributed by atoms with E-state index in [0.717, 1.165) is 43.2 Å². The minimum absolute atomic E-state index is 0.203. The van der Waals surface area contributed by atoms with Gasteiger partial charge in [0.25, 0.3) is 11.8 Å². The van der Waals surface area contributed by atoms with Gasteiger partial charge in [0.15, 0.2) is 17.1 Å². The van der Waals surface area contributed by atoms with Crippen LogP contribution in [0.5, 0.6) is 0 Å². The normalized spacial score (nSPS) is 15.8. The van der Waals surface area contributed by atoms with Crippen LogP contribution in [0.3, 0.4) is 0 Å². The number of nitrogens with one attached hydrogen (secondary N) is 3. The minimum Gasteiger partial charge on any atom is -0.467 e. The standard InChI is InChI=1S/C28H27F3N6O6S2/c1-42-26(41)17(14-32-24(39)19-8-5-11-44-19)34-25(40)22-23(28(29,30)31)36-27(45-22)35-20(38)12-15-6-4-7-18-16(15)13-33-37(18)21-9-2-3-10-43-21/h4-8,11,13,17,21H,2-3,9-10,12,14H2,1H3,(H,32,39)(H,34,40)(H,35,36,38)/t17-,21?/m0/s1. The number of ether oxygens (including phenoxy) is 2. The van der Waals surface area contributed by atoms with Crippen LogP contribution < -0.4 is 16.0 Å². The highest BCUT2D eigenvalue weighted by molar-refractivity contribution is 7.17. The molecule has 1 aliphatic heterocycles. The third-order valence-electron chi connectivity index (χ3n) is 6.86. The molecule has 0 aliphatic carbocycles. The van der Waals surface area contributed by atoms with Crippen LogP contribution in [0, 0.1) is 0 Å². The predicted octanol–water partition coefficient (Wildman–Crippen LogP) is 4.15. The number of aromatic nitrogens is 3. The van der Waals surface area contributed by atoms with Crippen molar-refractivity contribution in [2.24, 2.45) is 0 Å². The van der Waals surface area contributed by atoms with Gasteiger partial charge in [-0.05, 0) is 42.3 Å². The summed E-state index contributed by atoms with van der Waals surface area (Å²) in [6, 6.07) is 6.97. The number of alkyl halides is 3. The number of hydrogen-bond acceptors (Lipinski definition) is 10. The number of fused-ring (bicyclic) bond motifs is 1. The van der Waals surface area contributed by atoms with E-state index in [2.05, 4.69) is 30.8 Å². The number of anilines is 1. The molecule has 1 aliphatic rings. The number of thiazole rings is 1. The molecule has 1 aromatic carbocycles. The van der Waals surface area contributed by atoms with Gasteiger partial charge in [-0.3, -0.25) is 14.4 Å². The van der Waals surface area contributed by atoms with Gasteiger partial charge in [-0.1, -0.05) is 29.5 Å². The first-order valence-electron chi connectivity index (χ1n) is 13.7. The van der Waals surface area contributed by atoms with Crippen LogP contribution >= 0.6 is 22.7 Å². The first-order chi connectivity index (χ1) is 21.5. The Morgan fingerprint density at radius 1 is 1.16 bits per heavy atom. The summed E-state index contributed by atoms with van der Waals surface area (Å²) in [4.78, 5) is 53.4. The van der Waals surface area contributed by atoms with Crippen LogP contribution in [0.2, 0.25) is 0 Å². The second-order valence-electron chi connectivity index (χ2n) is 9.92. The summed E-state index contributed by atoms with van der Waals surface area (Å²) in [5.74, 6) is -3.49. The van der Waals surface area contributed by atoms with Gasteiger partial charge in [0.1, 0.15) is 10.9 Å². The molecule has 1 unspecified atom stereocenters. The third-order valence-corrected chi connectivity index (χ3v) is 8.70. The van der Waals surface area contributed by atoms with E-state index in [1.54, 1.807) is 34.5 Å². The Labute approximate surface area is 261 Å². The van der Waals surface area contributed by atoms with Gasteiger partial charge in [-0.15, -0.1) is 11.3 Å². The number of amides is 3. The molecule has 3 aromatic heterocycles. The molecule has 1 fully saturated rings. The third kappa shape index (κ3) is 7.49. The molecule has 3 N–H and O–H groups in total. The van der Waals surface area contributed by atoms with Crippen molar-refractivity contribution < 1.29 is 41.8 Å². The van der Waals surface area contributed by atoms with E-state index in [9.17, 15) is 32.3 Å². The SMILES string of the molecule is COC(=O)[C@H](CNC(=O)c1cccs1)NC(=O)c1sc(NC(=O)Cc2cccc3c2cnn3C2CCCCO2)nc1C(F)(F)F. The molecule has 17 heteroatoms. The topological polar surface area (TPSA) is 154 Å². The Kier molecular flexibility index (Phi) is 9.79. The second kappa shape index (κ2) is 13.7. The lowest BCUT2D eigenvalue weighted by molar-refractivity contribution is -0.142. The number of carbonyl (C=O) groups excluding carboxylic acids is 4. The molecule has 0 radical (unpaired) electrons. The van der Waals surface area contributed by atoms with Gasteiger partial charge < -0.3 is 25.4 Å². The summed E-state index contributed by atoms with van der Waals surface area (Å²) in [6.07, 6.45) is -1.10. The van der Waals surface area contributed by atoms with Crippen LogP contribution in [-0.2, 0) is 31.7 Å². The molecule has 0 spiro atoms. The van der Waals surface area contributed by atoms with Crippen molar-refractivity contribution >= 4 is 62.4 Å². The Balaban J connectivity index is 1.30. The van der Waals surface area contributed by atoms with Gasteiger partial charge >= 0.3 is 12.1 Å². The summed E-state index contributed by atoms with van der Waals surface area (Å²) in [5, 5.41) is 13.3. The summed E-state index contributed by atoms with van der Waals surface area (Å²) in [7, 11) is 1.03. The maximum absolute atomic E-state index is 13.9. The molecule has 238 valence electrons. The number of hydrogen-bond donors (Lipinski definition) is 3. The summed E-state index contributed by atoms with van der Waals surface area (Å²) >= 11 is 1.43. The number of thiophene rings is 1. The van der Waals surface area contributed by atoms with E-state index >= 15 is 0 Å². The first kappa shape index (κ1) is 32.1. The highest BCUT2D eigenvalue weighted by Gasteiger charge is 2.40. The lowest BCUT2D eigenvalue weighted by Gasteiger charge is -2.23. The molecule has 1 saturated heterocycles. The Morgan fingerprint density at radius 3 is 2.67 bits per heavy atom. The second-order valence-corrected chi connectivity index (χ2v) is 11.9. The summed E-state index contributed by atoms with van der Waals surface area (Å²) in [5.41, 5.74) is -0.197. The van der Waals surface area contributed by atoms with E-state index in [-0.39, 0.29) is 12.6 Å². The number of benzene rings is 1. The summed E-state index contributed by atoms with van der Waals surface area (Å²) in [6.45, 7) is 0.172. The summed E-state index contributed by atoms with van der Waals surface area (Å²) < 4.78 is 53.9.